The van der Waals surface area contributed by atoms with Crippen molar-refractivity contribution >= 4 is 33.1 Å². The van der Waals surface area contributed by atoms with Gasteiger partial charge in [-0.15, -0.1) is 0 Å². The maximum Gasteiger partial charge on any atom is 0.160 e. The quantitative estimate of drug-likeness (QED) is 0.560. The van der Waals surface area contributed by atoms with E-state index in [1.165, 1.54) is 11.1 Å². The molecule has 0 fully saturated rings. The fourth-order valence-electron chi connectivity index (χ4n) is 3.37. The van der Waals surface area contributed by atoms with Crippen LogP contribution < -0.4 is 4.74 Å². The predicted octanol–water partition coefficient (Wildman–Crippen LogP) is 3.92. The Bertz CT molecular complexity index is 1130. The zero-order chi connectivity index (χ0) is 18.4. The number of aryl methyl sites for hydroxylation is 2. The molecule has 0 N–H and O–H groups in total. The number of likely N-dealkylation sites (N-methyl/N-ethyl adjacent to an activating group) is 1. The number of methoxy groups -OCH3 is 1. The summed E-state index contributed by atoms with van der Waals surface area (Å²) in [6.45, 7) is 6.02. The van der Waals surface area contributed by atoms with Crippen LogP contribution in [0, 0.1) is 13.8 Å². The van der Waals surface area contributed by atoms with Crippen LogP contribution in [0.25, 0.3) is 33.1 Å². The van der Waals surface area contributed by atoms with Crippen LogP contribution in [0.5, 0.6) is 5.75 Å². The Kier molecular flexibility index (Phi) is 4.04. The van der Waals surface area contributed by atoms with Crippen LogP contribution >= 0.6 is 0 Å². The van der Waals surface area contributed by atoms with E-state index in [0.29, 0.717) is 0 Å². The summed E-state index contributed by atoms with van der Waals surface area (Å²) in [6.07, 6.45) is 0. The molecular weight excluding hydrogens is 324 g/mol. The van der Waals surface area contributed by atoms with Gasteiger partial charge in [-0.3, -0.25) is 0 Å². The van der Waals surface area contributed by atoms with E-state index < -0.39 is 0 Å². The first kappa shape index (κ1) is 16.8. The van der Waals surface area contributed by atoms with E-state index in [9.17, 15) is 0 Å². The van der Waals surface area contributed by atoms with Crippen molar-refractivity contribution in [2.45, 2.75) is 20.4 Å². The molecule has 134 valence electrons. The first-order valence-electron chi connectivity index (χ1n) is 8.87. The van der Waals surface area contributed by atoms with Crippen molar-refractivity contribution in [2.24, 2.45) is 0 Å². The lowest BCUT2D eigenvalue weighted by Crippen LogP contribution is -2.18. The molecule has 5 nitrogen and oxygen atoms in total. The molecule has 0 saturated heterocycles. The summed E-state index contributed by atoms with van der Waals surface area (Å²) in [7, 11) is 5.87. The van der Waals surface area contributed by atoms with Crippen molar-refractivity contribution in [3.8, 4) is 5.75 Å². The molecule has 0 spiro atoms. The van der Waals surface area contributed by atoms with Crippen LogP contribution in [0.4, 0.5) is 0 Å². The number of hydrogen-bond acceptors (Lipinski definition) is 4. The topological polar surface area (TPSA) is 43.2 Å². The Morgan fingerprint density at radius 2 is 1.69 bits per heavy atom. The third-order valence-corrected chi connectivity index (χ3v) is 5.04. The lowest BCUT2D eigenvalue weighted by atomic mass is 10.1. The zero-order valence-electron chi connectivity index (χ0n) is 16.0. The van der Waals surface area contributed by atoms with Crippen molar-refractivity contribution in [3.63, 3.8) is 0 Å². The normalized spacial score (nSPS) is 11.9. The van der Waals surface area contributed by atoms with Gasteiger partial charge in [0, 0.05) is 24.5 Å². The SMILES string of the molecule is COc1ccc2c3nc4cc(C)c(C)cc4nc3n(CCN(C)C)c2c1. The molecular formula is C21H24N4O. The fraction of sp³-hybridized carbons (Fsp3) is 0.333. The van der Waals surface area contributed by atoms with E-state index in [4.69, 9.17) is 14.7 Å². The summed E-state index contributed by atoms with van der Waals surface area (Å²) < 4.78 is 7.70. The van der Waals surface area contributed by atoms with Gasteiger partial charge in [0.25, 0.3) is 0 Å². The van der Waals surface area contributed by atoms with Crippen molar-refractivity contribution in [1.29, 1.82) is 0 Å². The van der Waals surface area contributed by atoms with Crippen molar-refractivity contribution in [3.05, 3.63) is 41.5 Å². The third kappa shape index (κ3) is 2.69. The molecule has 0 atom stereocenters. The first-order valence-corrected chi connectivity index (χ1v) is 8.87. The molecule has 0 aliphatic heterocycles. The van der Waals surface area contributed by atoms with Crippen LogP contribution in [0.15, 0.2) is 30.3 Å². The highest BCUT2D eigenvalue weighted by Gasteiger charge is 2.16. The monoisotopic (exact) mass is 348 g/mol. The molecule has 0 radical (unpaired) electrons. The number of aromatic nitrogens is 3. The molecule has 2 aromatic carbocycles. The van der Waals surface area contributed by atoms with E-state index in [1.807, 2.05) is 6.07 Å². The van der Waals surface area contributed by atoms with Gasteiger partial charge < -0.3 is 14.2 Å². The van der Waals surface area contributed by atoms with E-state index in [1.54, 1.807) is 7.11 Å². The molecule has 0 aliphatic carbocycles. The molecule has 4 rings (SSSR count). The Balaban J connectivity index is 2.07. The average Bonchev–Trinajstić information content (AvgIpc) is 2.91. The third-order valence-electron chi connectivity index (χ3n) is 5.04. The molecule has 2 aromatic heterocycles. The van der Waals surface area contributed by atoms with Gasteiger partial charge in [0.2, 0.25) is 0 Å². The summed E-state index contributed by atoms with van der Waals surface area (Å²) >= 11 is 0. The number of ether oxygens (including phenoxy) is 1. The number of hydrogen-bond donors (Lipinski definition) is 0. The summed E-state index contributed by atoms with van der Waals surface area (Å²) in [5.74, 6) is 0.850. The Morgan fingerprint density at radius 3 is 2.35 bits per heavy atom. The van der Waals surface area contributed by atoms with Crippen molar-refractivity contribution in [2.75, 3.05) is 27.7 Å². The van der Waals surface area contributed by atoms with Gasteiger partial charge in [0.05, 0.1) is 23.7 Å². The van der Waals surface area contributed by atoms with E-state index in [2.05, 4.69) is 61.7 Å². The number of nitrogens with zero attached hydrogens (tertiary/aromatic N) is 4. The minimum absolute atomic E-state index is 0.850. The standard InChI is InChI=1S/C21H24N4O/c1-13-10-17-18(11-14(13)2)23-21-20(22-17)16-7-6-15(26-5)12-19(16)25(21)9-8-24(3)4/h6-7,10-12H,8-9H2,1-5H3. The number of benzene rings is 2. The maximum atomic E-state index is 5.44. The average molecular weight is 348 g/mol. The molecule has 4 aromatic rings. The highest BCUT2D eigenvalue weighted by Crippen LogP contribution is 2.31. The second-order valence-corrected chi connectivity index (χ2v) is 7.16. The predicted molar refractivity (Wildman–Crippen MR) is 107 cm³/mol. The van der Waals surface area contributed by atoms with Crippen molar-refractivity contribution < 1.29 is 4.74 Å². The highest BCUT2D eigenvalue weighted by molar-refractivity contribution is 6.06. The van der Waals surface area contributed by atoms with E-state index >= 15 is 0 Å². The molecule has 26 heavy (non-hydrogen) atoms. The smallest absolute Gasteiger partial charge is 0.160 e. The van der Waals surface area contributed by atoms with Crippen molar-refractivity contribution in [1.82, 2.24) is 19.4 Å². The summed E-state index contributed by atoms with van der Waals surface area (Å²) in [6, 6.07) is 10.4. The Morgan fingerprint density at radius 1 is 1.00 bits per heavy atom. The van der Waals surface area contributed by atoms with Gasteiger partial charge in [-0.25, -0.2) is 9.97 Å². The summed E-state index contributed by atoms with van der Waals surface area (Å²) in [5.41, 5.74) is 7.38. The largest absolute Gasteiger partial charge is 0.497 e. The zero-order valence-corrected chi connectivity index (χ0v) is 16.0. The molecule has 0 saturated carbocycles. The minimum Gasteiger partial charge on any atom is -0.497 e. The minimum atomic E-state index is 0.850. The van der Waals surface area contributed by atoms with Crippen LogP contribution in [-0.2, 0) is 6.54 Å². The van der Waals surface area contributed by atoms with Crippen LogP contribution in [-0.4, -0.2) is 47.2 Å². The maximum absolute atomic E-state index is 5.44. The highest BCUT2D eigenvalue weighted by atomic mass is 16.5. The molecule has 5 heteroatoms. The van der Waals surface area contributed by atoms with Crippen LogP contribution in [0.2, 0.25) is 0 Å². The second kappa shape index (κ2) is 6.25. The molecule has 0 amide bonds. The molecule has 0 unspecified atom stereocenters. The molecule has 2 heterocycles. The molecule has 0 aliphatic rings. The Hall–Kier alpha value is -2.66. The van der Waals surface area contributed by atoms with E-state index in [0.717, 1.165) is 51.9 Å². The van der Waals surface area contributed by atoms with Gasteiger partial charge in [-0.05, 0) is 63.3 Å². The fourth-order valence-corrected chi connectivity index (χ4v) is 3.37. The summed E-state index contributed by atoms with van der Waals surface area (Å²) in [4.78, 5) is 12.1. The van der Waals surface area contributed by atoms with Gasteiger partial charge in [-0.1, -0.05) is 0 Å². The van der Waals surface area contributed by atoms with Gasteiger partial charge in [0.1, 0.15) is 11.3 Å². The van der Waals surface area contributed by atoms with Gasteiger partial charge >= 0.3 is 0 Å². The van der Waals surface area contributed by atoms with Gasteiger partial charge in [-0.2, -0.15) is 0 Å². The van der Waals surface area contributed by atoms with Crippen LogP contribution in [0.3, 0.4) is 0 Å². The first-order chi connectivity index (χ1) is 12.5. The number of rotatable bonds is 4. The van der Waals surface area contributed by atoms with Gasteiger partial charge in [0.15, 0.2) is 5.65 Å². The number of fused-ring (bicyclic) bond motifs is 4. The molecule has 0 bridgehead atoms. The van der Waals surface area contributed by atoms with Crippen LogP contribution in [0.1, 0.15) is 11.1 Å². The summed E-state index contributed by atoms with van der Waals surface area (Å²) in [5, 5.41) is 1.12. The lowest BCUT2D eigenvalue weighted by Gasteiger charge is -2.12. The second-order valence-electron chi connectivity index (χ2n) is 7.16. The lowest BCUT2D eigenvalue weighted by molar-refractivity contribution is 0.388. The Labute approximate surface area is 153 Å². The van der Waals surface area contributed by atoms with E-state index in [-0.39, 0.29) is 0 Å².